The van der Waals surface area contributed by atoms with Crippen molar-refractivity contribution in [1.29, 1.82) is 0 Å². The maximum atomic E-state index is 10.3. The first-order chi connectivity index (χ1) is 8.08. The Hall–Kier alpha value is -0.570. The van der Waals surface area contributed by atoms with Crippen molar-refractivity contribution >= 4 is 11.6 Å². The number of hydrogen-bond donors (Lipinski definition) is 1. The van der Waals surface area contributed by atoms with Crippen LogP contribution in [0.5, 0.6) is 0 Å². The van der Waals surface area contributed by atoms with E-state index in [1.54, 1.807) is 0 Å². The summed E-state index contributed by atoms with van der Waals surface area (Å²) in [5, 5.41) is 11.0. The number of aliphatic hydroxyl groups excluding tert-OH is 1. The Labute approximate surface area is 108 Å². The molecule has 2 rings (SSSR count). The van der Waals surface area contributed by atoms with E-state index in [-0.39, 0.29) is 6.10 Å². The third-order valence-electron chi connectivity index (χ3n) is 3.42. The largest absolute Gasteiger partial charge is 0.388 e. The van der Waals surface area contributed by atoms with E-state index in [1.165, 1.54) is 0 Å². The molecular formula is C14H19ClO2. The summed E-state index contributed by atoms with van der Waals surface area (Å²) in [6.45, 7) is 4.78. The molecule has 0 aliphatic carbocycles. The molecule has 1 saturated heterocycles. The first-order valence-electron chi connectivity index (χ1n) is 6.14. The molecule has 0 radical (unpaired) electrons. The normalized spacial score (nSPS) is 21.8. The molecule has 1 fully saturated rings. The van der Waals surface area contributed by atoms with E-state index >= 15 is 0 Å². The van der Waals surface area contributed by atoms with Crippen LogP contribution in [0, 0.1) is 13.8 Å². The van der Waals surface area contributed by atoms with Crippen LogP contribution in [0.4, 0.5) is 0 Å². The van der Waals surface area contributed by atoms with Crippen molar-refractivity contribution in [2.45, 2.75) is 45.3 Å². The number of aliphatic hydroxyl groups is 1. The lowest BCUT2D eigenvalue weighted by Crippen LogP contribution is -2.12. The van der Waals surface area contributed by atoms with Crippen molar-refractivity contribution in [3.05, 3.63) is 33.8 Å². The molecule has 2 nitrogen and oxygen atoms in total. The zero-order chi connectivity index (χ0) is 12.4. The Bertz CT molecular complexity index is 397. The first kappa shape index (κ1) is 12.9. The number of aryl methyl sites for hydroxylation is 2. The van der Waals surface area contributed by atoms with Crippen LogP contribution < -0.4 is 0 Å². The van der Waals surface area contributed by atoms with E-state index in [2.05, 4.69) is 0 Å². The molecule has 0 amide bonds. The third kappa shape index (κ3) is 3.01. The van der Waals surface area contributed by atoms with Crippen LogP contribution in [0.15, 0.2) is 12.1 Å². The number of ether oxygens (including phenoxy) is 1. The Kier molecular flexibility index (Phi) is 4.08. The fraction of sp³-hybridized carbons (Fsp3) is 0.571. The summed E-state index contributed by atoms with van der Waals surface area (Å²) < 4.78 is 5.55. The van der Waals surface area contributed by atoms with E-state index in [0.29, 0.717) is 6.42 Å². The van der Waals surface area contributed by atoms with E-state index < -0.39 is 6.10 Å². The minimum atomic E-state index is -0.450. The van der Waals surface area contributed by atoms with Gasteiger partial charge in [0.25, 0.3) is 0 Å². The highest BCUT2D eigenvalue weighted by Gasteiger charge is 2.21. The molecule has 2 atom stereocenters. The summed E-state index contributed by atoms with van der Waals surface area (Å²) in [6, 6.07) is 3.90. The van der Waals surface area contributed by atoms with Crippen LogP contribution in [0.25, 0.3) is 0 Å². The average Bonchev–Trinajstić information content (AvgIpc) is 2.76. The van der Waals surface area contributed by atoms with E-state index in [0.717, 1.165) is 41.2 Å². The molecule has 1 heterocycles. The predicted octanol–water partition coefficient (Wildman–Crippen LogP) is 3.56. The molecule has 0 saturated carbocycles. The lowest BCUT2D eigenvalue weighted by atomic mass is 9.96. The topological polar surface area (TPSA) is 29.5 Å². The van der Waals surface area contributed by atoms with Gasteiger partial charge >= 0.3 is 0 Å². The lowest BCUT2D eigenvalue weighted by molar-refractivity contribution is 0.0533. The summed E-state index contributed by atoms with van der Waals surface area (Å²) in [4.78, 5) is 0. The lowest BCUT2D eigenvalue weighted by Gasteiger charge is -2.18. The maximum absolute atomic E-state index is 10.3. The molecule has 1 aliphatic heterocycles. The molecule has 1 N–H and O–H groups in total. The highest BCUT2D eigenvalue weighted by Crippen LogP contribution is 2.30. The quantitative estimate of drug-likeness (QED) is 0.894. The standard InChI is InChI=1S/C14H19ClO2/c1-9-7-13(15)10(2)6-12(9)14(16)8-11-4-3-5-17-11/h6-7,11,14,16H,3-5,8H2,1-2H3. The van der Waals surface area contributed by atoms with Crippen LogP contribution >= 0.6 is 11.6 Å². The van der Waals surface area contributed by atoms with Gasteiger partial charge in [0.1, 0.15) is 0 Å². The predicted molar refractivity (Wildman–Crippen MR) is 69.5 cm³/mol. The first-order valence-corrected chi connectivity index (χ1v) is 6.52. The van der Waals surface area contributed by atoms with Gasteiger partial charge in [-0.05, 0) is 49.4 Å². The SMILES string of the molecule is Cc1cc(C(O)CC2CCCO2)c(C)cc1Cl. The van der Waals surface area contributed by atoms with Gasteiger partial charge in [-0.3, -0.25) is 0 Å². The molecule has 0 bridgehead atoms. The Morgan fingerprint density at radius 3 is 2.82 bits per heavy atom. The van der Waals surface area contributed by atoms with Gasteiger partial charge in [-0.1, -0.05) is 17.7 Å². The zero-order valence-corrected chi connectivity index (χ0v) is 11.1. The fourth-order valence-corrected chi connectivity index (χ4v) is 2.59. The second kappa shape index (κ2) is 5.38. The monoisotopic (exact) mass is 254 g/mol. The second-order valence-corrected chi connectivity index (χ2v) is 5.25. The Balaban J connectivity index is 2.12. The summed E-state index contributed by atoms with van der Waals surface area (Å²) >= 11 is 6.05. The highest BCUT2D eigenvalue weighted by molar-refractivity contribution is 6.31. The van der Waals surface area contributed by atoms with Crippen molar-refractivity contribution in [3.63, 3.8) is 0 Å². The van der Waals surface area contributed by atoms with Crippen LogP contribution in [0.1, 0.15) is 42.1 Å². The van der Waals surface area contributed by atoms with Gasteiger partial charge in [0, 0.05) is 18.1 Å². The summed E-state index contributed by atoms with van der Waals surface area (Å²) in [5.41, 5.74) is 3.03. The molecule has 1 aromatic rings. The van der Waals surface area contributed by atoms with Gasteiger partial charge in [-0.25, -0.2) is 0 Å². The van der Waals surface area contributed by atoms with E-state index in [4.69, 9.17) is 16.3 Å². The zero-order valence-electron chi connectivity index (χ0n) is 10.4. The van der Waals surface area contributed by atoms with Gasteiger partial charge in [0.2, 0.25) is 0 Å². The average molecular weight is 255 g/mol. The van der Waals surface area contributed by atoms with Crippen molar-refractivity contribution in [1.82, 2.24) is 0 Å². The van der Waals surface area contributed by atoms with E-state index in [9.17, 15) is 5.11 Å². The number of hydrogen-bond acceptors (Lipinski definition) is 2. The van der Waals surface area contributed by atoms with Gasteiger partial charge in [-0.2, -0.15) is 0 Å². The van der Waals surface area contributed by atoms with Crippen molar-refractivity contribution in [2.24, 2.45) is 0 Å². The molecule has 94 valence electrons. The number of rotatable bonds is 3. The molecule has 3 heteroatoms. The summed E-state index contributed by atoms with van der Waals surface area (Å²) in [6.07, 6.45) is 2.61. The molecular weight excluding hydrogens is 236 g/mol. The molecule has 1 aromatic carbocycles. The molecule has 17 heavy (non-hydrogen) atoms. The van der Waals surface area contributed by atoms with Gasteiger partial charge < -0.3 is 9.84 Å². The number of halogens is 1. The van der Waals surface area contributed by atoms with E-state index in [1.807, 2.05) is 26.0 Å². The highest BCUT2D eigenvalue weighted by atomic mass is 35.5. The van der Waals surface area contributed by atoms with Crippen LogP contribution in [-0.2, 0) is 4.74 Å². The molecule has 2 unspecified atom stereocenters. The van der Waals surface area contributed by atoms with Gasteiger partial charge in [-0.15, -0.1) is 0 Å². The Morgan fingerprint density at radius 1 is 1.41 bits per heavy atom. The van der Waals surface area contributed by atoms with Crippen molar-refractivity contribution in [3.8, 4) is 0 Å². The van der Waals surface area contributed by atoms with Gasteiger partial charge in [0.05, 0.1) is 12.2 Å². The molecule has 1 aliphatic rings. The summed E-state index contributed by atoms with van der Waals surface area (Å²) in [5.74, 6) is 0. The third-order valence-corrected chi connectivity index (χ3v) is 3.82. The Morgan fingerprint density at radius 2 is 2.18 bits per heavy atom. The molecule has 0 spiro atoms. The maximum Gasteiger partial charge on any atom is 0.0817 e. The van der Waals surface area contributed by atoms with Crippen LogP contribution in [0.2, 0.25) is 5.02 Å². The minimum absolute atomic E-state index is 0.209. The smallest absolute Gasteiger partial charge is 0.0817 e. The second-order valence-electron chi connectivity index (χ2n) is 4.84. The van der Waals surface area contributed by atoms with Crippen LogP contribution in [0.3, 0.4) is 0 Å². The van der Waals surface area contributed by atoms with Crippen molar-refractivity contribution in [2.75, 3.05) is 6.61 Å². The van der Waals surface area contributed by atoms with Crippen molar-refractivity contribution < 1.29 is 9.84 Å². The summed E-state index contributed by atoms with van der Waals surface area (Å²) in [7, 11) is 0. The molecule has 0 aromatic heterocycles. The van der Waals surface area contributed by atoms with Gasteiger partial charge in [0.15, 0.2) is 0 Å². The minimum Gasteiger partial charge on any atom is -0.388 e. The number of benzene rings is 1. The fourth-order valence-electron chi connectivity index (χ4n) is 2.37. The van der Waals surface area contributed by atoms with Crippen LogP contribution in [-0.4, -0.2) is 17.8 Å².